The number of fused-ring (bicyclic) bond motifs is 1. The maximum Gasteiger partial charge on any atom is 0.435 e. The number of carbonyl (C=O) groups is 1. The molecular formula is C17H18F3N4O+. The fraction of sp³-hybridized carbons (Fsp3) is 0.353. The van der Waals surface area contributed by atoms with Crippen LogP contribution in [0.1, 0.15) is 35.4 Å². The van der Waals surface area contributed by atoms with E-state index in [9.17, 15) is 18.0 Å². The first-order chi connectivity index (χ1) is 11.9. The Morgan fingerprint density at radius 1 is 1.20 bits per heavy atom. The smallest absolute Gasteiger partial charge is 0.287 e. The van der Waals surface area contributed by atoms with Crippen molar-refractivity contribution in [2.24, 2.45) is 0 Å². The van der Waals surface area contributed by atoms with E-state index >= 15 is 0 Å². The first-order valence-electron chi connectivity index (χ1n) is 7.99. The van der Waals surface area contributed by atoms with Crippen molar-refractivity contribution in [2.75, 3.05) is 0 Å². The van der Waals surface area contributed by atoms with Crippen molar-refractivity contribution < 1.29 is 23.4 Å². The van der Waals surface area contributed by atoms with Crippen LogP contribution in [0.4, 0.5) is 13.2 Å². The summed E-state index contributed by atoms with van der Waals surface area (Å²) in [5.74, 6) is -0.353. The number of aromatic nitrogens is 2. The lowest BCUT2D eigenvalue weighted by molar-refractivity contribution is -0.142. The number of amides is 1. The molecule has 0 radical (unpaired) electrons. The van der Waals surface area contributed by atoms with Crippen LogP contribution in [0.3, 0.4) is 0 Å². The second-order valence-electron chi connectivity index (χ2n) is 5.96. The molecule has 0 unspecified atom stereocenters. The molecule has 0 saturated carbocycles. The van der Waals surface area contributed by atoms with Gasteiger partial charge in [-0.05, 0) is 37.8 Å². The van der Waals surface area contributed by atoms with Crippen LogP contribution in [0.2, 0.25) is 0 Å². The summed E-state index contributed by atoms with van der Waals surface area (Å²) < 4.78 is 40.6. The summed E-state index contributed by atoms with van der Waals surface area (Å²) in [6, 6.07) is 8.81. The van der Waals surface area contributed by atoms with Crippen molar-refractivity contribution in [3.05, 3.63) is 52.8 Å². The number of alkyl halides is 3. The first kappa shape index (κ1) is 17.2. The van der Waals surface area contributed by atoms with E-state index in [-0.39, 0.29) is 17.9 Å². The number of rotatable bonds is 3. The number of nitrogens with one attached hydrogen (secondary N) is 1. The van der Waals surface area contributed by atoms with E-state index in [1.807, 2.05) is 6.07 Å². The maximum absolute atomic E-state index is 13.2. The highest BCUT2D eigenvalue weighted by Gasteiger charge is 2.39. The predicted molar refractivity (Wildman–Crippen MR) is 84.5 cm³/mol. The number of amidine groups is 1. The van der Waals surface area contributed by atoms with E-state index in [2.05, 4.69) is 10.4 Å². The number of carbonyl (C=O) groups excluding carboxylic acids is 1. The van der Waals surface area contributed by atoms with E-state index in [0.29, 0.717) is 30.5 Å². The van der Waals surface area contributed by atoms with Gasteiger partial charge in [0, 0.05) is 11.3 Å². The molecule has 1 aromatic carbocycles. The van der Waals surface area contributed by atoms with Crippen LogP contribution in [0.15, 0.2) is 30.3 Å². The second kappa shape index (κ2) is 6.70. The largest absolute Gasteiger partial charge is 0.435 e. The lowest BCUT2D eigenvalue weighted by Crippen LogP contribution is -2.52. The molecule has 1 aliphatic rings. The van der Waals surface area contributed by atoms with Crippen molar-refractivity contribution in [1.29, 1.82) is 0 Å². The minimum atomic E-state index is -4.52. The van der Waals surface area contributed by atoms with E-state index in [0.717, 1.165) is 11.1 Å². The van der Waals surface area contributed by atoms with E-state index in [4.69, 9.17) is 5.41 Å². The van der Waals surface area contributed by atoms with Crippen LogP contribution >= 0.6 is 0 Å². The van der Waals surface area contributed by atoms with Crippen molar-refractivity contribution >= 4 is 11.7 Å². The molecule has 1 aliphatic carbocycles. The molecule has 8 heteroatoms. The molecule has 0 fully saturated rings. The monoisotopic (exact) mass is 351 g/mol. The Hall–Kier alpha value is -2.64. The molecule has 3 rings (SSSR count). The van der Waals surface area contributed by atoms with Gasteiger partial charge in [-0.1, -0.05) is 18.2 Å². The summed E-state index contributed by atoms with van der Waals surface area (Å²) in [4.78, 5) is 12.2. The Balaban J connectivity index is 1.77. The van der Waals surface area contributed by atoms with Gasteiger partial charge in [0.25, 0.3) is 5.84 Å². The SMILES string of the molecule is [NH2+]=C(NC(=O)Cn1nc(C(F)(F)F)c2c1CCCC2)c1ccccc1. The summed E-state index contributed by atoms with van der Waals surface area (Å²) >= 11 is 0. The predicted octanol–water partition coefficient (Wildman–Crippen LogP) is 1.10. The van der Waals surface area contributed by atoms with E-state index < -0.39 is 17.8 Å². The Kier molecular flexibility index (Phi) is 4.61. The zero-order chi connectivity index (χ0) is 18.0. The lowest BCUT2D eigenvalue weighted by Gasteiger charge is -2.14. The Bertz CT molecular complexity index is 796. The summed E-state index contributed by atoms with van der Waals surface area (Å²) in [5.41, 5.74) is 0.461. The molecule has 132 valence electrons. The molecule has 0 atom stereocenters. The molecule has 0 bridgehead atoms. The number of nitrogens with two attached hydrogens (primary N) is 1. The van der Waals surface area contributed by atoms with Crippen LogP contribution in [0.25, 0.3) is 0 Å². The molecule has 25 heavy (non-hydrogen) atoms. The lowest BCUT2D eigenvalue weighted by atomic mass is 9.95. The maximum atomic E-state index is 13.2. The molecule has 1 amide bonds. The standard InChI is InChI=1S/C17H17F3N4O/c18-17(19,20)15-12-8-4-5-9-13(12)24(23-15)10-14(25)22-16(21)11-6-2-1-3-7-11/h1-3,6-7H,4-5,8-10H2,(H2,21,22,25)/p+1. The molecule has 0 saturated heterocycles. The topological polar surface area (TPSA) is 72.5 Å². The average molecular weight is 351 g/mol. The van der Waals surface area contributed by atoms with Gasteiger partial charge in [0.2, 0.25) is 0 Å². The van der Waals surface area contributed by atoms with Gasteiger partial charge >= 0.3 is 12.1 Å². The summed E-state index contributed by atoms with van der Waals surface area (Å²) in [5, 5.41) is 12.0. The molecule has 0 aliphatic heterocycles. The number of halogens is 3. The number of hydrogen-bond donors (Lipinski definition) is 2. The van der Waals surface area contributed by atoms with E-state index in [1.54, 1.807) is 24.3 Å². The highest BCUT2D eigenvalue weighted by Crippen LogP contribution is 2.35. The van der Waals surface area contributed by atoms with Crippen LogP contribution in [-0.4, -0.2) is 21.5 Å². The molecule has 1 aromatic heterocycles. The Morgan fingerprint density at radius 2 is 1.88 bits per heavy atom. The van der Waals surface area contributed by atoms with Crippen LogP contribution in [0, 0.1) is 0 Å². The van der Waals surface area contributed by atoms with Crippen LogP contribution in [-0.2, 0) is 30.4 Å². The number of hydrogen-bond acceptors (Lipinski definition) is 2. The van der Waals surface area contributed by atoms with Gasteiger partial charge in [0.15, 0.2) is 5.69 Å². The van der Waals surface area contributed by atoms with Gasteiger partial charge < -0.3 is 0 Å². The fourth-order valence-electron chi connectivity index (χ4n) is 3.04. The summed E-state index contributed by atoms with van der Waals surface area (Å²) in [6.07, 6.45) is -2.20. The van der Waals surface area contributed by atoms with Gasteiger partial charge in [0.05, 0.1) is 5.56 Å². The highest BCUT2D eigenvalue weighted by atomic mass is 19.4. The summed E-state index contributed by atoms with van der Waals surface area (Å²) in [6.45, 7) is -0.300. The number of nitrogens with zero attached hydrogens (tertiary/aromatic N) is 2. The minimum absolute atomic E-state index is 0.155. The zero-order valence-corrected chi connectivity index (χ0v) is 13.4. The van der Waals surface area contributed by atoms with Crippen LogP contribution < -0.4 is 10.7 Å². The van der Waals surface area contributed by atoms with Gasteiger partial charge in [-0.2, -0.15) is 18.3 Å². The molecule has 3 N–H and O–H groups in total. The Labute approximate surface area is 142 Å². The third kappa shape index (κ3) is 3.72. The fourth-order valence-corrected chi connectivity index (χ4v) is 3.04. The minimum Gasteiger partial charge on any atom is -0.287 e. The average Bonchev–Trinajstić information content (AvgIpc) is 2.94. The zero-order valence-electron chi connectivity index (χ0n) is 13.4. The number of benzene rings is 1. The van der Waals surface area contributed by atoms with Gasteiger partial charge in [-0.3, -0.25) is 10.1 Å². The quantitative estimate of drug-likeness (QED) is 0.642. The normalized spacial score (nSPS) is 14.0. The van der Waals surface area contributed by atoms with Crippen molar-refractivity contribution in [3.8, 4) is 0 Å². The molecule has 2 aromatic rings. The summed E-state index contributed by atoms with van der Waals surface area (Å²) in [7, 11) is 0. The van der Waals surface area contributed by atoms with Gasteiger partial charge in [-0.15, -0.1) is 0 Å². The first-order valence-corrected chi connectivity index (χ1v) is 7.99. The van der Waals surface area contributed by atoms with Gasteiger partial charge in [0.1, 0.15) is 6.54 Å². The third-order valence-electron chi connectivity index (χ3n) is 4.18. The molecular weight excluding hydrogens is 333 g/mol. The molecule has 0 spiro atoms. The Morgan fingerprint density at radius 3 is 2.56 bits per heavy atom. The van der Waals surface area contributed by atoms with Crippen molar-refractivity contribution in [2.45, 2.75) is 38.4 Å². The molecule has 1 heterocycles. The highest BCUT2D eigenvalue weighted by molar-refractivity contribution is 6.04. The van der Waals surface area contributed by atoms with Crippen LogP contribution in [0.5, 0.6) is 0 Å². The second-order valence-corrected chi connectivity index (χ2v) is 5.96. The van der Waals surface area contributed by atoms with E-state index in [1.165, 1.54) is 0 Å². The van der Waals surface area contributed by atoms with Crippen molar-refractivity contribution in [3.63, 3.8) is 0 Å². The van der Waals surface area contributed by atoms with Crippen molar-refractivity contribution in [1.82, 2.24) is 15.1 Å². The van der Waals surface area contributed by atoms with Gasteiger partial charge in [-0.25, -0.2) is 10.1 Å². The third-order valence-corrected chi connectivity index (χ3v) is 4.18. The molecule has 5 nitrogen and oxygen atoms in total.